The highest BCUT2D eigenvalue weighted by atomic mass is 32.2. The van der Waals surface area contributed by atoms with E-state index in [1.54, 1.807) is 6.07 Å². The first-order valence-electron chi connectivity index (χ1n) is 10.3. The molecule has 0 aromatic heterocycles. The minimum Gasteiger partial charge on any atom is -0.322 e. The molecule has 2 heterocycles. The van der Waals surface area contributed by atoms with Crippen molar-refractivity contribution in [2.45, 2.75) is 35.5 Å². The number of amidine groups is 1. The van der Waals surface area contributed by atoms with E-state index >= 15 is 0 Å². The summed E-state index contributed by atoms with van der Waals surface area (Å²) in [5, 5.41) is 2.64. The van der Waals surface area contributed by atoms with Gasteiger partial charge >= 0.3 is 0 Å². The number of carbonyl (C=O) groups is 1. The van der Waals surface area contributed by atoms with Crippen LogP contribution in [0.15, 0.2) is 63.3 Å². The van der Waals surface area contributed by atoms with Crippen LogP contribution in [0.3, 0.4) is 0 Å². The molecule has 0 atom stereocenters. The van der Waals surface area contributed by atoms with Crippen LogP contribution >= 0.6 is 0 Å². The number of nitrogens with one attached hydrogen (secondary N) is 2. The van der Waals surface area contributed by atoms with E-state index in [0.29, 0.717) is 31.9 Å². The van der Waals surface area contributed by atoms with Crippen LogP contribution in [0.25, 0.3) is 0 Å². The standard InChI is InChI=1S/C21H24N4O5S2/c26-21(16-6-3-9-19(14-16)32(29,30)25-12-1-2-13-25)23-17-7-4-8-18(15-17)31(27,28)24-20-10-5-11-22-20/h3-4,6-9,14-15H,1-2,5,10-13H2,(H,22,24)(H,23,26). The van der Waals surface area contributed by atoms with Gasteiger partial charge in [0.25, 0.3) is 15.9 Å². The Hall–Kier alpha value is -2.76. The molecule has 4 rings (SSSR count). The zero-order chi connectivity index (χ0) is 22.8. The van der Waals surface area contributed by atoms with Crippen LogP contribution in [0, 0.1) is 0 Å². The Morgan fingerprint density at radius 2 is 1.62 bits per heavy atom. The van der Waals surface area contributed by atoms with Crippen molar-refractivity contribution in [3.8, 4) is 0 Å². The third-order valence-electron chi connectivity index (χ3n) is 5.33. The monoisotopic (exact) mass is 476 g/mol. The second-order valence-electron chi connectivity index (χ2n) is 7.66. The van der Waals surface area contributed by atoms with Gasteiger partial charge in [0.1, 0.15) is 5.84 Å². The molecule has 2 aliphatic rings. The molecule has 2 aliphatic heterocycles. The van der Waals surface area contributed by atoms with E-state index in [1.807, 2.05) is 0 Å². The third-order valence-corrected chi connectivity index (χ3v) is 8.60. The van der Waals surface area contributed by atoms with Crippen LogP contribution in [0.4, 0.5) is 5.69 Å². The summed E-state index contributed by atoms with van der Waals surface area (Å²) in [4.78, 5) is 16.9. The molecule has 170 valence electrons. The molecule has 11 heteroatoms. The van der Waals surface area contributed by atoms with Crippen LogP contribution in [0.1, 0.15) is 36.0 Å². The average Bonchev–Trinajstić information content (AvgIpc) is 3.48. The van der Waals surface area contributed by atoms with Crippen molar-refractivity contribution in [1.29, 1.82) is 0 Å². The van der Waals surface area contributed by atoms with Gasteiger partial charge in [0.15, 0.2) is 0 Å². The van der Waals surface area contributed by atoms with Crippen molar-refractivity contribution >= 4 is 37.5 Å². The van der Waals surface area contributed by atoms with Crippen LogP contribution in [-0.4, -0.2) is 52.5 Å². The van der Waals surface area contributed by atoms with E-state index in [9.17, 15) is 21.6 Å². The van der Waals surface area contributed by atoms with Crippen molar-refractivity contribution in [3.05, 3.63) is 54.1 Å². The second kappa shape index (κ2) is 9.00. The van der Waals surface area contributed by atoms with Gasteiger partial charge in [-0.15, -0.1) is 0 Å². The van der Waals surface area contributed by atoms with Crippen LogP contribution in [0.5, 0.6) is 0 Å². The van der Waals surface area contributed by atoms with Gasteiger partial charge in [0, 0.05) is 37.3 Å². The lowest BCUT2D eigenvalue weighted by atomic mass is 10.2. The SMILES string of the molecule is O=C(Nc1cccc(S(=O)(=O)NC2=NCCC2)c1)c1cccc(S(=O)(=O)N2CCCC2)c1. The number of benzene rings is 2. The number of hydrogen-bond acceptors (Lipinski definition) is 6. The largest absolute Gasteiger partial charge is 0.322 e. The summed E-state index contributed by atoms with van der Waals surface area (Å²) in [5.74, 6) is -0.110. The second-order valence-corrected chi connectivity index (χ2v) is 11.3. The van der Waals surface area contributed by atoms with Gasteiger partial charge in [-0.1, -0.05) is 12.1 Å². The van der Waals surface area contributed by atoms with Gasteiger partial charge in [-0.25, -0.2) is 16.8 Å². The molecule has 0 unspecified atom stereocenters. The lowest BCUT2D eigenvalue weighted by molar-refractivity contribution is 0.102. The Balaban J connectivity index is 1.52. The summed E-state index contributed by atoms with van der Waals surface area (Å²) in [6.45, 7) is 1.54. The first kappa shape index (κ1) is 22.4. The number of amides is 1. The Morgan fingerprint density at radius 1 is 0.906 bits per heavy atom. The lowest BCUT2D eigenvalue weighted by Crippen LogP contribution is -2.29. The zero-order valence-corrected chi connectivity index (χ0v) is 19.0. The quantitative estimate of drug-likeness (QED) is 0.661. The number of aliphatic imine (C=N–C) groups is 1. The number of hydrogen-bond donors (Lipinski definition) is 2. The average molecular weight is 477 g/mol. The van der Waals surface area contributed by atoms with Crippen molar-refractivity contribution in [1.82, 2.24) is 9.03 Å². The Morgan fingerprint density at radius 3 is 2.34 bits per heavy atom. The van der Waals surface area contributed by atoms with Crippen molar-refractivity contribution < 1.29 is 21.6 Å². The molecule has 32 heavy (non-hydrogen) atoms. The molecule has 9 nitrogen and oxygen atoms in total. The van der Waals surface area contributed by atoms with Gasteiger partial charge in [0.2, 0.25) is 10.0 Å². The highest BCUT2D eigenvalue weighted by Crippen LogP contribution is 2.22. The van der Waals surface area contributed by atoms with E-state index in [2.05, 4.69) is 15.0 Å². The number of sulfonamides is 2. The maximum atomic E-state index is 12.8. The fourth-order valence-electron chi connectivity index (χ4n) is 3.66. The minimum absolute atomic E-state index is 0.00439. The molecule has 2 aromatic carbocycles. The fraction of sp³-hybridized carbons (Fsp3) is 0.333. The topological polar surface area (TPSA) is 125 Å². The maximum Gasteiger partial charge on any atom is 0.262 e. The number of anilines is 1. The van der Waals surface area contributed by atoms with E-state index in [1.165, 1.54) is 46.8 Å². The molecule has 2 N–H and O–H groups in total. The van der Waals surface area contributed by atoms with Gasteiger partial charge in [-0.2, -0.15) is 4.31 Å². The number of rotatable bonds is 6. The van der Waals surface area contributed by atoms with E-state index in [0.717, 1.165) is 19.3 Å². The summed E-state index contributed by atoms with van der Waals surface area (Å²) in [7, 11) is -7.47. The number of nitrogens with zero attached hydrogens (tertiary/aromatic N) is 2. The summed E-state index contributed by atoms with van der Waals surface area (Å²) in [6.07, 6.45) is 3.02. The van der Waals surface area contributed by atoms with E-state index < -0.39 is 26.0 Å². The first-order valence-corrected chi connectivity index (χ1v) is 13.3. The smallest absolute Gasteiger partial charge is 0.262 e. The Labute approximate surface area is 187 Å². The normalized spacial score (nSPS) is 17.2. The summed E-state index contributed by atoms with van der Waals surface area (Å²) in [6, 6.07) is 11.7. The minimum atomic E-state index is -3.82. The van der Waals surface area contributed by atoms with Gasteiger partial charge in [0.05, 0.1) is 9.79 Å². The van der Waals surface area contributed by atoms with Gasteiger partial charge in [-0.05, 0) is 55.7 Å². The van der Waals surface area contributed by atoms with Gasteiger partial charge in [-0.3, -0.25) is 14.5 Å². The molecule has 2 aromatic rings. The van der Waals surface area contributed by atoms with E-state index in [4.69, 9.17) is 0 Å². The highest BCUT2D eigenvalue weighted by Gasteiger charge is 2.27. The Bertz CT molecular complexity index is 1270. The molecular weight excluding hydrogens is 452 g/mol. The first-order chi connectivity index (χ1) is 15.3. The fourth-order valence-corrected chi connectivity index (χ4v) is 6.35. The molecule has 0 saturated carbocycles. The molecular formula is C21H24N4O5S2. The third kappa shape index (κ3) is 4.84. The maximum absolute atomic E-state index is 12.8. The lowest BCUT2D eigenvalue weighted by Gasteiger charge is -2.16. The molecule has 0 bridgehead atoms. The molecule has 1 amide bonds. The molecule has 1 fully saturated rings. The Kier molecular flexibility index (Phi) is 6.31. The van der Waals surface area contributed by atoms with E-state index in [-0.39, 0.29) is 21.0 Å². The zero-order valence-electron chi connectivity index (χ0n) is 17.3. The van der Waals surface area contributed by atoms with Crippen LogP contribution in [-0.2, 0) is 20.0 Å². The summed E-state index contributed by atoms with van der Waals surface area (Å²) >= 11 is 0. The van der Waals surface area contributed by atoms with Gasteiger partial charge < -0.3 is 5.32 Å². The van der Waals surface area contributed by atoms with Crippen LogP contribution in [0.2, 0.25) is 0 Å². The predicted molar refractivity (Wildman–Crippen MR) is 121 cm³/mol. The molecule has 0 spiro atoms. The van der Waals surface area contributed by atoms with Crippen LogP contribution < -0.4 is 10.0 Å². The molecule has 0 aliphatic carbocycles. The summed E-state index contributed by atoms with van der Waals surface area (Å²) < 4.78 is 54.6. The predicted octanol–water partition coefficient (Wildman–Crippen LogP) is 2.19. The highest BCUT2D eigenvalue weighted by molar-refractivity contribution is 7.90. The van der Waals surface area contributed by atoms with Crippen molar-refractivity contribution in [2.24, 2.45) is 4.99 Å². The van der Waals surface area contributed by atoms with Crippen molar-refractivity contribution in [2.75, 3.05) is 25.0 Å². The molecule has 1 saturated heterocycles. The van der Waals surface area contributed by atoms with Crippen molar-refractivity contribution in [3.63, 3.8) is 0 Å². The summed E-state index contributed by atoms with van der Waals surface area (Å²) in [5.41, 5.74) is 0.441. The molecule has 0 radical (unpaired) electrons. The number of carbonyl (C=O) groups excluding carboxylic acids is 1.